The lowest BCUT2D eigenvalue weighted by atomic mass is 10.1. The summed E-state index contributed by atoms with van der Waals surface area (Å²) in [4.78, 5) is 16.8. The first kappa shape index (κ1) is 24.8. The van der Waals surface area contributed by atoms with Gasteiger partial charge in [0.15, 0.2) is 10.8 Å². The van der Waals surface area contributed by atoms with E-state index >= 15 is 0 Å². The lowest BCUT2D eigenvalue weighted by Crippen LogP contribution is -2.30. The third kappa shape index (κ3) is 5.22. The highest BCUT2D eigenvalue weighted by Gasteiger charge is 2.21. The molecule has 182 valence electrons. The van der Waals surface area contributed by atoms with Crippen molar-refractivity contribution in [2.75, 3.05) is 19.7 Å². The van der Waals surface area contributed by atoms with Crippen molar-refractivity contribution in [3.8, 4) is 33.3 Å². The van der Waals surface area contributed by atoms with Gasteiger partial charge in [-0.2, -0.15) is 4.31 Å². The maximum absolute atomic E-state index is 12.7. The molecule has 0 bridgehead atoms. The molecule has 2 aromatic carbocycles. The Hall–Kier alpha value is -3.27. The van der Waals surface area contributed by atoms with Crippen LogP contribution in [0.2, 0.25) is 0 Å². The van der Waals surface area contributed by atoms with E-state index in [1.165, 1.54) is 15.6 Å². The van der Waals surface area contributed by atoms with E-state index in [1.807, 2.05) is 43.5 Å². The van der Waals surface area contributed by atoms with Crippen LogP contribution in [0.4, 0.5) is 0 Å². The highest BCUT2D eigenvalue weighted by atomic mass is 32.2. The number of carbonyl (C=O) groups is 1. The van der Waals surface area contributed by atoms with Crippen LogP contribution in [0.1, 0.15) is 31.1 Å². The largest absolute Gasteiger partial charge is 0.462 e. The number of esters is 1. The highest BCUT2D eigenvalue weighted by Crippen LogP contribution is 2.33. The first-order valence-corrected chi connectivity index (χ1v) is 13.6. The van der Waals surface area contributed by atoms with Gasteiger partial charge < -0.3 is 9.15 Å². The molecule has 0 unspecified atom stereocenters. The van der Waals surface area contributed by atoms with Gasteiger partial charge in [-0.3, -0.25) is 0 Å². The topological polar surface area (TPSA) is 89.7 Å². The summed E-state index contributed by atoms with van der Waals surface area (Å²) in [5.41, 5.74) is 2.90. The molecule has 0 spiro atoms. The van der Waals surface area contributed by atoms with Crippen molar-refractivity contribution in [1.82, 2.24) is 9.29 Å². The minimum atomic E-state index is -3.50. The van der Waals surface area contributed by atoms with Crippen molar-refractivity contribution < 1.29 is 22.4 Å². The standard InChI is InChI=1S/C26H26N2O5S2/c1-4-28(5-2)35(30,31)21-13-11-18(12-14-21)22-17-34-25(27-22)24-16-15-23(33-24)19-7-9-20(10-8-19)26(29)32-6-3/h7-17H,4-6H2,1-3H3. The van der Waals surface area contributed by atoms with Crippen molar-refractivity contribution >= 4 is 27.3 Å². The van der Waals surface area contributed by atoms with Crippen molar-refractivity contribution in [2.24, 2.45) is 0 Å². The lowest BCUT2D eigenvalue weighted by molar-refractivity contribution is 0.0526. The molecule has 2 aromatic heterocycles. The van der Waals surface area contributed by atoms with E-state index in [0.29, 0.717) is 41.8 Å². The molecule has 0 radical (unpaired) electrons. The Morgan fingerprint density at radius 1 is 0.914 bits per heavy atom. The summed E-state index contributed by atoms with van der Waals surface area (Å²) < 4.78 is 37.9. The first-order chi connectivity index (χ1) is 16.9. The van der Waals surface area contributed by atoms with Gasteiger partial charge in [0.1, 0.15) is 5.76 Å². The normalized spacial score (nSPS) is 11.7. The Kier molecular flexibility index (Phi) is 7.49. The second-order valence-electron chi connectivity index (χ2n) is 7.61. The van der Waals surface area contributed by atoms with E-state index in [9.17, 15) is 13.2 Å². The Labute approximate surface area is 209 Å². The molecule has 4 aromatic rings. The summed E-state index contributed by atoms with van der Waals surface area (Å²) in [6, 6.07) is 17.6. The van der Waals surface area contributed by atoms with Gasteiger partial charge in [-0.25, -0.2) is 18.2 Å². The number of ether oxygens (including phenoxy) is 1. The Bertz CT molecular complexity index is 1400. The summed E-state index contributed by atoms with van der Waals surface area (Å²) in [5.74, 6) is 0.942. The molecule has 0 atom stereocenters. The zero-order valence-corrected chi connectivity index (χ0v) is 21.4. The van der Waals surface area contributed by atoms with Crippen molar-refractivity contribution in [3.05, 3.63) is 71.6 Å². The van der Waals surface area contributed by atoms with Gasteiger partial charge in [-0.05, 0) is 43.3 Å². The van der Waals surface area contributed by atoms with Crippen LogP contribution in [0.25, 0.3) is 33.3 Å². The summed E-state index contributed by atoms with van der Waals surface area (Å²) in [5, 5.41) is 2.63. The maximum atomic E-state index is 12.7. The van der Waals surface area contributed by atoms with Gasteiger partial charge >= 0.3 is 5.97 Å². The zero-order chi connectivity index (χ0) is 25.0. The molecular formula is C26H26N2O5S2. The highest BCUT2D eigenvalue weighted by molar-refractivity contribution is 7.89. The Morgan fingerprint density at radius 3 is 2.17 bits per heavy atom. The third-order valence-corrected chi connectivity index (χ3v) is 8.42. The van der Waals surface area contributed by atoms with Crippen molar-refractivity contribution in [3.63, 3.8) is 0 Å². The number of rotatable bonds is 9. The molecule has 0 aliphatic carbocycles. The second kappa shape index (κ2) is 10.6. The number of sulfonamides is 1. The fourth-order valence-corrected chi connectivity index (χ4v) is 5.87. The van der Waals surface area contributed by atoms with E-state index in [4.69, 9.17) is 9.15 Å². The van der Waals surface area contributed by atoms with Gasteiger partial charge in [0.2, 0.25) is 10.0 Å². The molecule has 9 heteroatoms. The summed E-state index contributed by atoms with van der Waals surface area (Å²) in [7, 11) is -3.50. The van der Waals surface area contributed by atoms with Gasteiger partial charge in [-0.1, -0.05) is 38.1 Å². The summed E-state index contributed by atoms with van der Waals surface area (Å²) >= 11 is 1.45. The van der Waals surface area contributed by atoms with Gasteiger partial charge in [0.25, 0.3) is 0 Å². The van der Waals surface area contributed by atoms with E-state index in [1.54, 1.807) is 43.3 Å². The van der Waals surface area contributed by atoms with Crippen LogP contribution in [0, 0.1) is 0 Å². The van der Waals surface area contributed by atoms with Crippen LogP contribution in [0.15, 0.2) is 75.4 Å². The zero-order valence-electron chi connectivity index (χ0n) is 19.7. The maximum Gasteiger partial charge on any atom is 0.338 e. The molecule has 7 nitrogen and oxygen atoms in total. The van der Waals surface area contributed by atoms with E-state index in [2.05, 4.69) is 4.98 Å². The van der Waals surface area contributed by atoms with Crippen molar-refractivity contribution in [1.29, 1.82) is 0 Å². The van der Waals surface area contributed by atoms with Gasteiger partial charge in [0.05, 0.1) is 22.8 Å². The van der Waals surface area contributed by atoms with Crippen LogP contribution in [0.5, 0.6) is 0 Å². The third-order valence-electron chi connectivity index (χ3n) is 5.49. The number of nitrogens with zero attached hydrogens (tertiary/aromatic N) is 2. The minimum absolute atomic E-state index is 0.269. The molecule has 0 saturated carbocycles. The smallest absolute Gasteiger partial charge is 0.338 e. The predicted octanol–water partition coefficient (Wildman–Crippen LogP) is 5.94. The Morgan fingerprint density at radius 2 is 1.54 bits per heavy atom. The molecule has 4 rings (SSSR count). The molecule has 0 fully saturated rings. The van der Waals surface area contributed by atoms with Gasteiger partial charge in [0, 0.05) is 29.6 Å². The molecule has 35 heavy (non-hydrogen) atoms. The van der Waals surface area contributed by atoms with Crippen LogP contribution >= 0.6 is 11.3 Å². The predicted molar refractivity (Wildman–Crippen MR) is 137 cm³/mol. The van der Waals surface area contributed by atoms with Crippen molar-refractivity contribution in [2.45, 2.75) is 25.7 Å². The second-order valence-corrected chi connectivity index (χ2v) is 10.4. The molecule has 0 amide bonds. The summed E-state index contributed by atoms with van der Waals surface area (Å²) in [6.07, 6.45) is 0. The molecule has 0 aliphatic heterocycles. The summed E-state index contributed by atoms with van der Waals surface area (Å²) in [6.45, 7) is 6.61. The number of carbonyl (C=O) groups excluding carboxylic acids is 1. The number of hydrogen-bond donors (Lipinski definition) is 0. The number of thiazole rings is 1. The van der Waals surface area contributed by atoms with Gasteiger partial charge in [-0.15, -0.1) is 11.3 Å². The SMILES string of the molecule is CCOC(=O)c1ccc(-c2ccc(-c3nc(-c4ccc(S(=O)(=O)N(CC)CC)cc4)cs3)o2)cc1. The minimum Gasteiger partial charge on any atom is -0.462 e. The Balaban J connectivity index is 1.51. The molecule has 2 heterocycles. The quantitative estimate of drug-likeness (QED) is 0.259. The average Bonchev–Trinajstić information content (AvgIpc) is 3.55. The average molecular weight is 511 g/mol. The fourth-order valence-electron chi connectivity index (χ4n) is 3.62. The van der Waals surface area contributed by atoms with E-state index in [-0.39, 0.29) is 10.9 Å². The molecule has 0 N–H and O–H groups in total. The van der Waals surface area contributed by atoms with Crippen LogP contribution in [0.3, 0.4) is 0 Å². The fraction of sp³-hybridized carbons (Fsp3) is 0.231. The number of benzene rings is 2. The number of aromatic nitrogens is 1. The lowest BCUT2D eigenvalue weighted by Gasteiger charge is -2.18. The number of furan rings is 1. The molecule has 0 aliphatic rings. The molecular weight excluding hydrogens is 484 g/mol. The van der Waals surface area contributed by atoms with E-state index in [0.717, 1.165) is 16.8 Å². The van der Waals surface area contributed by atoms with Crippen LogP contribution < -0.4 is 0 Å². The van der Waals surface area contributed by atoms with E-state index < -0.39 is 10.0 Å². The number of hydrogen-bond acceptors (Lipinski definition) is 7. The first-order valence-electron chi connectivity index (χ1n) is 11.3. The molecule has 0 saturated heterocycles. The van der Waals surface area contributed by atoms with Crippen LogP contribution in [-0.4, -0.2) is 43.4 Å². The van der Waals surface area contributed by atoms with Crippen LogP contribution in [-0.2, 0) is 14.8 Å². The monoisotopic (exact) mass is 510 g/mol.